The molecule has 2 atom stereocenters. The second-order valence-electron chi connectivity index (χ2n) is 9.08. The minimum atomic E-state index is -0.767. The number of nitrogens with one attached hydrogen (secondary N) is 1. The van der Waals surface area contributed by atoms with Crippen LogP contribution in [0.2, 0.25) is 0 Å². The van der Waals surface area contributed by atoms with Gasteiger partial charge in [0, 0.05) is 25.3 Å². The molecule has 0 radical (unpaired) electrons. The molecule has 0 spiro atoms. The zero-order valence-electron chi connectivity index (χ0n) is 20.1. The largest absolute Gasteiger partial charge is 0.466 e. The summed E-state index contributed by atoms with van der Waals surface area (Å²) in [5.74, 6) is -4.21. The van der Waals surface area contributed by atoms with Crippen molar-refractivity contribution >= 4 is 17.8 Å². The van der Waals surface area contributed by atoms with E-state index in [2.05, 4.69) is 5.32 Å². The van der Waals surface area contributed by atoms with Gasteiger partial charge in [-0.1, -0.05) is 42.5 Å². The molecule has 0 aromatic heterocycles. The number of esters is 1. The van der Waals surface area contributed by atoms with Crippen LogP contribution in [0.4, 0.5) is 8.78 Å². The SMILES string of the molecule is CC(=O)OCCCc1ccccc1-c1ccc([C@H]2C(=O)NC(=O)C[C@@H]2c2cc(F)cc(F)c2)c(C)c1. The quantitative estimate of drug-likeness (QED) is 0.275. The maximum absolute atomic E-state index is 14.0. The predicted molar refractivity (Wildman–Crippen MR) is 131 cm³/mol. The number of carbonyl (C=O) groups excluding carboxylic acids is 3. The van der Waals surface area contributed by atoms with Crippen molar-refractivity contribution in [3.63, 3.8) is 0 Å². The van der Waals surface area contributed by atoms with Gasteiger partial charge in [0.15, 0.2) is 0 Å². The van der Waals surface area contributed by atoms with Gasteiger partial charge in [-0.25, -0.2) is 8.78 Å². The van der Waals surface area contributed by atoms with Gasteiger partial charge in [0.2, 0.25) is 11.8 Å². The van der Waals surface area contributed by atoms with Crippen molar-refractivity contribution in [1.29, 1.82) is 0 Å². The number of benzene rings is 3. The number of aryl methyl sites for hydroxylation is 2. The van der Waals surface area contributed by atoms with Gasteiger partial charge >= 0.3 is 5.97 Å². The standard InChI is InChI=1S/C29H27F2NO4/c1-17-12-20(25-8-4-3-6-19(25)7-5-11-36-18(2)33)9-10-24(17)28-26(16-27(34)32-29(28)35)21-13-22(30)15-23(31)14-21/h3-4,6,8-10,12-15,26,28H,5,7,11,16H2,1-2H3,(H,32,34,35)/t26-,28-/m1/s1. The molecule has 4 rings (SSSR count). The Hall–Kier alpha value is -3.87. The zero-order chi connectivity index (χ0) is 25.8. The van der Waals surface area contributed by atoms with Gasteiger partial charge in [-0.05, 0) is 65.3 Å². The number of rotatable bonds is 7. The lowest BCUT2D eigenvalue weighted by Crippen LogP contribution is -2.43. The van der Waals surface area contributed by atoms with Crippen LogP contribution in [0, 0.1) is 18.6 Å². The molecular weight excluding hydrogens is 464 g/mol. The number of piperidine rings is 1. The van der Waals surface area contributed by atoms with Crippen molar-refractivity contribution in [1.82, 2.24) is 5.32 Å². The summed E-state index contributed by atoms with van der Waals surface area (Å²) < 4.78 is 33.0. The van der Waals surface area contributed by atoms with E-state index >= 15 is 0 Å². The fourth-order valence-electron chi connectivity index (χ4n) is 4.91. The van der Waals surface area contributed by atoms with Crippen LogP contribution in [0.15, 0.2) is 60.7 Å². The van der Waals surface area contributed by atoms with Crippen LogP contribution >= 0.6 is 0 Å². The van der Waals surface area contributed by atoms with Crippen molar-refractivity contribution in [3.05, 3.63) is 94.6 Å². The Morgan fingerprint density at radius 2 is 1.75 bits per heavy atom. The average molecular weight is 492 g/mol. The average Bonchev–Trinajstić information content (AvgIpc) is 2.81. The fourth-order valence-corrected chi connectivity index (χ4v) is 4.91. The molecule has 2 amide bonds. The van der Waals surface area contributed by atoms with Gasteiger partial charge in [-0.3, -0.25) is 19.7 Å². The van der Waals surface area contributed by atoms with E-state index in [-0.39, 0.29) is 18.0 Å². The van der Waals surface area contributed by atoms with Crippen LogP contribution in [0.1, 0.15) is 53.9 Å². The molecule has 1 heterocycles. The van der Waals surface area contributed by atoms with Crippen molar-refractivity contribution < 1.29 is 27.9 Å². The van der Waals surface area contributed by atoms with Gasteiger partial charge in [0.05, 0.1) is 12.5 Å². The Balaban J connectivity index is 1.66. The van der Waals surface area contributed by atoms with Crippen LogP contribution < -0.4 is 5.32 Å². The van der Waals surface area contributed by atoms with E-state index in [9.17, 15) is 23.2 Å². The van der Waals surface area contributed by atoms with E-state index < -0.39 is 35.3 Å². The lowest BCUT2D eigenvalue weighted by molar-refractivity contribution is -0.141. The Kier molecular flexibility index (Phi) is 7.58. The third kappa shape index (κ3) is 5.67. The minimum absolute atomic E-state index is 0.0499. The Bertz CT molecular complexity index is 1300. The molecule has 1 aliphatic heterocycles. The van der Waals surface area contributed by atoms with E-state index in [1.165, 1.54) is 19.1 Å². The number of ether oxygens (including phenoxy) is 1. The van der Waals surface area contributed by atoms with Gasteiger partial charge in [0.1, 0.15) is 11.6 Å². The van der Waals surface area contributed by atoms with Gasteiger partial charge in [0.25, 0.3) is 0 Å². The summed E-state index contributed by atoms with van der Waals surface area (Å²) in [4.78, 5) is 36.1. The first-order chi connectivity index (χ1) is 17.2. The van der Waals surface area contributed by atoms with E-state index in [1.54, 1.807) is 0 Å². The molecule has 5 nitrogen and oxygen atoms in total. The molecule has 1 saturated heterocycles. The second kappa shape index (κ2) is 10.8. The van der Waals surface area contributed by atoms with E-state index in [0.29, 0.717) is 18.6 Å². The zero-order valence-corrected chi connectivity index (χ0v) is 20.1. The molecule has 1 N–H and O–H groups in total. The number of imide groups is 1. The highest BCUT2D eigenvalue weighted by Crippen LogP contribution is 2.41. The molecule has 0 saturated carbocycles. The molecule has 1 aliphatic rings. The molecule has 0 bridgehead atoms. The Morgan fingerprint density at radius 3 is 2.44 bits per heavy atom. The van der Waals surface area contributed by atoms with Gasteiger partial charge in [-0.2, -0.15) is 0 Å². The first-order valence-electron chi connectivity index (χ1n) is 11.8. The smallest absolute Gasteiger partial charge is 0.302 e. The molecule has 0 unspecified atom stereocenters. The predicted octanol–water partition coefficient (Wildman–Crippen LogP) is 5.35. The molecule has 3 aromatic carbocycles. The van der Waals surface area contributed by atoms with Crippen LogP contribution in [-0.4, -0.2) is 24.4 Å². The highest BCUT2D eigenvalue weighted by atomic mass is 19.1. The third-order valence-corrected chi connectivity index (χ3v) is 6.49. The van der Waals surface area contributed by atoms with Crippen LogP contribution in [0.5, 0.6) is 0 Å². The van der Waals surface area contributed by atoms with Crippen LogP contribution in [0.25, 0.3) is 11.1 Å². The normalized spacial score (nSPS) is 17.6. The summed E-state index contributed by atoms with van der Waals surface area (Å²) in [6, 6.07) is 16.8. The number of hydrogen-bond donors (Lipinski definition) is 1. The molecular formula is C29H27F2NO4. The Morgan fingerprint density at radius 1 is 1.03 bits per heavy atom. The van der Waals surface area contributed by atoms with E-state index in [4.69, 9.17) is 4.74 Å². The molecule has 7 heteroatoms. The maximum Gasteiger partial charge on any atom is 0.302 e. The molecule has 186 valence electrons. The van der Waals surface area contributed by atoms with Crippen molar-refractivity contribution in [2.75, 3.05) is 6.61 Å². The number of carbonyl (C=O) groups is 3. The summed E-state index contributed by atoms with van der Waals surface area (Å²) >= 11 is 0. The minimum Gasteiger partial charge on any atom is -0.466 e. The molecule has 3 aromatic rings. The first-order valence-corrected chi connectivity index (χ1v) is 11.8. The van der Waals surface area contributed by atoms with E-state index in [1.807, 2.05) is 49.4 Å². The lowest BCUT2D eigenvalue weighted by Gasteiger charge is -2.32. The number of hydrogen-bond acceptors (Lipinski definition) is 4. The summed E-state index contributed by atoms with van der Waals surface area (Å²) in [7, 11) is 0. The molecule has 1 fully saturated rings. The summed E-state index contributed by atoms with van der Waals surface area (Å²) in [6.45, 7) is 3.62. The number of halogens is 2. The van der Waals surface area contributed by atoms with Crippen molar-refractivity contribution in [2.45, 2.75) is 44.9 Å². The van der Waals surface area contributed by atoms with Crippen LogP contribution in [-0.2, 0) is 25.5 Å². The summed E-state index contributed by atoms with van der Waals surface area (Å²) in [5, 5.41) is 2.37. The van der Waals surface area contributed by atoms with Crippen molar-refractivity contribution in [3.8, 4) is 11.1 Å². The maximum atomic E-state index is 14.0. The third-order valence-electron chi connectivity index (χ3n) is 6.49. The second-order valence-corrected chi connectivity index (χ2v) is 9.08. The molecule has 0 aliphatic carbocycles. The van der Waals surface area contributed by atoms with E-state index in [0.717, 1.165) is 34.7 Å². The fraction of sp³-hybridized carbons (Fsp3) is 0.276. The van der Waals surface area contributed by atoms with Crippen molar-refractivity contribution in [2.24, 2.45) is 0 Å². The summed E-state index contributed by atoms with van der Waals surface area (Å²) in [6.07, 6.45) is 1.37. The lowest BCUT2D eigenvalue weighted by atomic mass is 9.75. The Labute approximate surface area is 208 Å². The first kappa shape index (κ1) is 25.2. The van der Waals surface area contributed by atoms with Gasteiger partial charge < -0.3 is 4.74 Å². The summed E-state index contributed by atoms with van der Waals surface area (Å²) in [5.41, 5.74) is 4.90. The number of amides is 2. The van der Waals surface area contributed by atoms with Gasteiger partial charge in [-0.15, -0.1) is 0 Å². The van der Waals surface area contributed by atoms with Crippen LogP contribution in [0.3, 0.4) is 0 Å². The topological polar surface area (TPSA) is 72.5 Å². The molecule has 36 heavy (non-hydrogen) atoms. The monoisotopic (exact) mass is 491 g/mol. The highest BCUT2D eigenvalue weighted by molar-refractivity contribution is 6.02. The highest BCUT2D eigenvalue weighted by Gasteiger charge is 2.39.